The Bertz CT molecular complexity index is 1700. The number of fused-ring (bicyclic) bond motifs is 1. The fraction of sp³-hybridized carbons (Fsp3) is 0.353. The fourth-order valence-corrected chi connectivity index (χ4v) is 4.95. The highest BCUT2D eigenvalue weighted by atomic mass is 19.1. The molecule has 1 aromatic carbocycles. The number of pyridine rings is 2. The van der Waals surface area contributed by atoms with Crippen molar-refractivity contribution < 1.29 is 23.5 Å². The molecule has 45 heavy (non-hydrogen) atoms. The molecule has 0 saturated carbocycles. The number of carbonyl (C=O) groups excluding carboxylic acids is 2. The molecule has 4 rings (SSSR count). The summed E-state index contributed by atoms with van der Waals surface area (Å²) in [5, 5.41) is 0.702. The summed E-state index contributed by atoms with van der Waals surface area (Å²) >= 11 is 0. The van der Waals surface area contributed by atoms with Gasteiger partial charge in [0.05, 0.1) is 7.11 Å². The van der Waals surface area contributed by atoms with Gasteiger partial charge in [-0.15, -0.1) is 0 Å². The number of nitrogens with zero attached hydrogens (tertiary/aromatic N) is 5. The molecule has 4 aromatic rings. The molecule has 11 heteroatoms. The Morgan fingerprint density at radius 1 is 1.04 bits per heavy atom. The van der Waals surface area contributed by atoms with Gasteiger partial charge < -0.3 is 25.0 Å². The number of rotatable bonds is 12. The molecular weight excluding hydrogens is 575 g/mol. The Morgan fingerprint density at radius 2 is 1.80 bits per heavy atom. The van der Waals surface area contributed by atoms with E-state index in [1.165, 1.54) is 12.3 Å². The molecule has 238 valence electrons. The van der Waals surface area contributed by atoms with Crippen molar-refractivity contribution in [1.29, 1.82) is 0 Å². The Morgan fingerprint density at radius 3 is 2.47 bits per heavy atom. The lowest BCUT2D eigenvalue weighted by Crippen LogP contribution is -2.34. The number of amides is 1. The van der Waals surface area contributed by atoms with Gasteiger partial charge in [0.1, 0.15) is 17.4 Å². The number of benzene rings is 1. The van der Waals surface area contributed by atoms with Crippen molar-refractivity contribution in [3.05, 3.63) is 73.1 Å². The smallest absolute Gasteiger partial charge is 0.324 e. The van der Waals surface area contributed by atoms with Crippen molar-refractivity contribution in [2.45, 2.75) is 39.5 Å². The maximum absolute atomic E-state index is 14.2. The van der Waals surface area contributed by atoms with Gasteiger partial charge in [-0.3, -0.25) is 14.2 Å². The summed E-state index contributed by atoms with van der Waals surface area (Å²) in [6, 6.07) is 9.76. The van der Waals surface area contributed by atoms with Gasteiger partial charge in [-0.25, -0.2) is 9.97 Å². The van der Waals surface area contributed by atoms with Gasteiger partial charge in [-0.05, 0) is 68.8 Å². The predicted molar refractivity (Wildman–Crippen MR) is 174 cm³/mol. The van der Waals surface area contributed by atoms with Gasteiger partial charge in [0.2, 0.25) is 11.9 Å². The SMILES string of the molecule is COc1cc(-c2cnc3c(c2)c(-c2ccnc(F)c2)cn3C(C)OC(=O)C(N)CC(C)C)cc(N(C)C(=O)/C=C/CN(C)C)c1. The molecule has 2 unspecified atom stereocenters. The number of ether oxygens (including phenoxy) is 2. The summed E-state index contributed by atoms with van der Waals surface area (Å²) in [6.07, 6.45) is 7.99. The van der Waals surface area contributed by atoms with Crippen molar-refractivity contribution in [1.82, 2.24) is 19.4 Å². The molecule has 3 aromatic heterocycles. The van der Waals surface area contributed by atoms with Gasteiger partial charge in [-0.2, -0.15) is 4.39 Å². The molecule has 10 nitrogen and oxygen atoms in total. The van der Waals surface area contributed by atoms with Crippen molar-refractivity contribution in [2.75, 3.05) is 39.7 Å². The number of hydrogen-bond donors (Lipinski definition) is 1. The van der Waals surface area contributed by atoms with Crippen LogP contribution in [0.4, 0.5) is 10.1 Å². The molecule has 0 aliphatic rings. The summed E-state index contributed by atoms with van der Waals surface area (Å²) in [5.41, 5.74) is 10.0. The van der Waals surface area contributed by atoms with E-state index in [-0.39, 0.29) is 11.8 Å². The van der Waals surface area contributed by atoms with Crippen molar-refractivity contribution in [3.8, 4) is 28.0 Å². The second-order valence-electron chi connectivity index (χ2n) is 11.7. The topological polar surface area (TPSA) is 116 Å². The van der Waals surface area contributed by atoms with Gasteiger partial charge in [0, 0.05) is 72.6 Å². The molecule has 0 spiro atoms. The normalized spacial score (nSPS) is 13.0. The van der Waals surface area contributed by atoms with E-state index in [9.17, 15) is 14.0 Å². The first-order valence-corrected chi connectivity index (χ1v) is 14.7. The standard InChI is InChI=1S/C34H41FN6O4/c1-21(2)13-30(36)34(43)45-22(3)41-20-29(23-10-11-37-31(35)17-23)28-16-25(19-38-33(28)41)24-14-26(18-27(15-24)44-7)40(6)32(42)9-8-12-39(4)5/h8-11,14-22,30H,12-13,36H2,1-7H3/b9-8+. The Balaban J connectivity index is 1.78. The van der Waals surface area contributed by atoms with Crippen LogP contribution in [0.1, 0.15) is 33.4 Å². The van der Waals surface area contributed by atoms with Crippen LogP contribution in [0, 0.1) is 11.9 Å². The third kappa shape index (κ3) is 8.11. The third-order valence-electron chi connectivity index (χ3n) is 7.32. The van der Waals surface area contributed by atoms with Crippen LogP contribution in [0.2, 0.25) is 0 Å². The average molecular weight is 617 g/mol. The van der Waals surface area contributed by atoms with Crippen LogP contribution < -0.4 is 15.4 Å². The fourth-order valence-electron chi connectivity index (χ4n) is 4.95. The molecule has 0 radical (unpaired) electrons. The number of esters is 1. The maximum atomic E-state index is 14.2. The largest absolute Gasteiger partial charge is 0.497 e. The van der Waals surface area contributed by atoms with E-state index in [1.54, 1.807) is 61.2 Å². The van der Waals surface area contributed by atoms with E-state index in [4.69, 9.17) is 20.2 Å². The zero-order valence-electron chi connectivity index (χ0n) is 26.8. The van der Waals surface area contributed by atoms with Crippen LogP contribution >= 0.6 is 0 Å². The van der Waals surface area contributed by atoms with E-state index < -0.39 is 24.2 Å². The average Bonchev–Trinajstić information content (AvgIpc) is 3.39. The van der Waals surface area contributed by atoms with Crippen LogP contribution in [-0.2, 0) is 14.3 Å². The number of aromatic nitrogens is 3. The van der Waals surface area contributed by atoms with E-state index in [2.05, 4.69) is 4.98 Å². The number of methoxy groups -OCH3 is 1. The molecule has 0 fully saturated rings. The van der Waals surface area contributed by atoms with Crippen molar-refractivity contribution >= 4 is 28.6 Å². The minimum atomic E-state index is -0.752. The van der Waals surface area contributed by atoms with Gasteiger partial charge in [-0.1, -0.05) is 19.9 Å². The van der Waals surface area contributed by atoms with Gasteiger partial charge >= 0.3 is 5.97 Å². The molecule has 3 heterocycles. The minimum absolute atomic E-state index is 0.180. The second kappa shape index (κ2) is 14.4. The van der Waals surface area contributed by atoms with Crippen LogP contribution in [0.3, 0.4) is 0 Å². The lowest BCUT2D eigenvalue weighted by Gasteiger charge is -2.19. The minimum Gasteiger partial charge on any atom is -0.497 e. The number of hydrogen-bond acceptors (Lipinski definition) is 8. The van der Waals surface area contributed by atoms with Crippen molar-refractivity contribution in [2.24, 2.45) is 11.7 Å². The summed E-state index contributed by atoms with van der Waals surface area (Å²) in [6.45, 7) is 6.35. The van der Waals surface area contributed by atoms with Crippen LogP contribution in [0.5, 0.6) is 5.75 Å². The third-order valence-corrected chi connectivity index (χ3v) is 7.32. The summed E-state index contributed by atoms with van der Waals surface area (Å²) < 4.78 is 27.3. The summed E-state index contributed by atoms with van der Waals surface area (Å²) in [7, 11) is 7.13. The second-order valence-corrected chi connectivity index (χ2v) is 11.7. The molecule has 0 aliphatic heterocycles. The molecule has 0 bridgehead atoms. The van der Waals surface area contributed by atoms with E-state index in [1.807, 2.05) is 57.1 Å². The van der Waals surface area contributed by atoms with Crippen LogP contribution in [0.15, 0.2) is 67.1 Å². The number of halogens is 1. The number of likely N-dealkylation sites (N-methyl/N-ethyl adjacent to an activating group) is 2. The molecule has 1 amide bonds. The van der Waals surface area contributed by atoms with E-state index in [0.717, 1.165) is 11.1 Å². The first kappa shape index (κ1) is 33.3. The molecule has 0 aliphatic carbocycles. The molecule has 2 atom stereocenters. The quantitative estimate of drug-likeness (QED) is 0.127. The Labute approximate surface area is 263 Å². The Hall–Kier alpha value is -4.61. The lowest BCUT2D eigenvalue weighted by molar-refractivity contribution is -0.154. The predicted octanol–water partition coefficient (Wildman–Crippen LogP) is 5.43. The van der Waals surface area contributed by atoms with Crippen LogP contribution in [-0.4, -0.2) is 72.2 Å². The van der Waals surface area contributed by atoms with E-state index >= 15 is 0 Å². The highest BCUT2D eigenvalue weighted by molar-refractivity contribution is 6.02. The number of nitrogens with two attached hydrogens (primary N) is 1. The van der Waals surface area contributed by atoms with Gasteiger partial charge in [0.15, 0.2) is 6.23 Å². The highest BCUT2D eigenvalue weighted by Crippen LogP contribution is 2.36. The lowest BCUT2D eigenvalue weighted by atomic mass is 10.0. The zero-order chi connectivity index (χ0) is 32.8. The molecule has 2 N–H and O–H groups in total. The number of anilines is 1. The van der Waals surface area contributed by atoms with Crippen LogP contribution in [0.25, 0.3) is 33.3 Å². The Kier molecular flexibility index (Phi) is 10.7. The summed E-state index contributed by atoms with van der Waals surface area (Å²) in [5.74, 6) is -0.517. The monoisotopic (exact) mass is 616 g/mol. The zero-order valence-corrected chi connectivity index (χ0v) is 26.8. The maximum Gasteiger partial charge on any atom is 0.324 e. The number of carbonyl (C=O) groups is 2. The molecular formula is C34H41FN6O4. The van der Waals surface area contributed by atoms with E-state index in [0.29, 0.717) is 46.6 Å². The first-order valence-electron chi connectivity index (χ1n) is 14.7. The highest BCUT2D eigenvalue weighted by Gasteiger charge is 2.23. The van der Waals surface area contributed by atoms with Crippen molar-refractivity contribution in [3.63, 3.8) is 0 Å². The summed E-state index contributed by atoms with van der Waals surface area (Å²) in [4.78, 5) is 37.6. The first-order chi connectivity index (χ1) is 21.4. The van der Waals surface area contributed by atoms with Gasteiger partial charge in [0.25, 0.3) is 0 Å². The molecule has 0 saturated heterocycles.